The summed E-state index contributed by atoms with van der Waals surface area (Å²) in [6, 6.07) is 24.0. The molecule has 0 saturated carbocycles. The summed E-state index contributed by atoms with van der Waals surface area (Å²) in [5.41, 5.74) is 4.63. The monoisotopic (exact) mass is 426 g/mol. The second-order valence-electron chi connectivity index (χ2n) is 7.82. The Morgan fingerprint density at radius 3 is 2.12 bits per heavy atom. The molecule has 0 saturated heterocycles. The van der Waals surface area contributed by atoms with E-state index in [-0.39, 0.29) is 11.6 Å². The topological polar surface area (TPSA) is 9.23 Å². The van der Waals surface area contributed by atoms with Gasteiger partial charge in [-0.2, -0.15) is 0 Å². The van der Waals surface area contributed by atoms with Crippen LogP contribution in [0.15, 0.2) is 78.9 Å². The third-order valence-electron chi connectivity index (χ3n) is 5.50. The van der Waals surface area contributed by atoms with Gasteiger partial charge in [0.15, 0.2) is 0 Å². The number of fused-ring (bicyclic) bond motifs is 1. The van der Waals surface area contributed by atoms with Crippen molar-refractivity contribution >= 4 is 10.8 Å². The Balaban J connectivity index is 1.38. The SMILES string of the molecule is COCCc1ccc(CCc2ccc(C#Cc3ccc4cc(F)ccc4c3)cc2)c(F)c1. The molecule has 0 atom stereocenters. The first-order valence-electron chi connectivity index (χ1n) is 10.7. The van der Waals surface area contributed by atoms with Crippen LogP contribution in [-0.2, 0) is 24.0 Å². The third kappa shape index (κ3) is 5.60. The van der Waals surface area contributed by atoms with Crippen LogP contribution in [0.3, 0.4) is 0 Å². The second-order valence-corrected chi connectivity index (χ2v) is 7.82. The van der Waals surface area contributed by atoms with Gasteiger partial charge in [-0.1, -0.05) is 48.2 Å². The van der Waals surface area contributed by atoms with E-state index in [0.29, 0.717) is 19.4 Å². The van der Waals surface area contributed by atoms with E-state index in [4.69, 9.17) is 4.74 Å². The Morgan fingerprint density at radius 2 is 1.34 bits per heavy atom. The van der Waals surface area contributed by atoms with Crippen molar-refractivity contribution in [2.45, 2.75) is 19.3 Å². The molecule has 32 heavy (non-hydrogen) atoms. The predicted molar refractivity (Wildman–Crippen MR) is 126 cm³/mol. The summed E-state index contributed by atoms with van der Waals surface area (Å²) in [5, 5.41) is 1.83. The molecule has 0 aliphatic heterocycles. The van der Waals surface area contributed by atoms with Crippen LogP contribution in [0.2, 0.25) is 0 Å². The van der Waals surface area contributed by atoms with E-state index in [0.717, 1.165) is 45.0 Å². The van der Waals surface area contributed by atoms with Crippen molar-refractivity contribution in [2.24, 2.45) is 0 Å². The standard InChI is InChI=1S/C29H24F2O/c1-32-17-16-24-9-12-25(29(31)19-24)11-8-22-4-2-21(3-5-22)6-7-23-10-13-27-20-28(30)15-14-26(27)18-23/h2-5,9-10,12-15,18-20H,8,11,16-17H2,1H3. The van der Waals surface area contributed by atoms with Gasteiger partial charge in [0.1, 0.15) is 11.6 Å². The Kier molecular flexibility index (Phi) is 6.94. The molecule has 0 spiro atoms. The average molecular weight is 427 g/mol. The third-order valence-corrected chi connectivity index (χ3v) is 5.50. The van der Waals surface area contributed by atoms with Gasteiger partial charge in [-0.25, -0.2) is 8.78 Å². The number of methoxy groups -OCH3 is 1. The highest BCUT2D eigenvalue weighted by atomic mass is 19.1. The number of ether oxygens (including phenoxy) is 1. The maximum atomic E-state index is 14.3. The summed E-state index contributed by atoms with van der Waals surface area (Å²) in [7, 11) is 1.65. The van der Waals surface area contributed by atoms with Crippen molar-refractivity contribution < 1.29 is 13.5 Å². The van der Waals surface area contributed by atoms with Crippen LogP contribution < -0.4 is 0 Å². The number of rotatable bonds is 6. The van der Waals surface area contributed by atoms with Crippen molar-refractivity contribution in [1.29, 1.82) is 0 Å². The molecule has 0 aliphatic rings. The molecular weight excluding hydrogens is 402 g/mol. The normalized spacial score (nSPS) is 10.7. The molecular formula is C29H24F2O. The van der Waals surface area contributed by atoms with Crippen LogP contribution in [-0.4, -0.2) is 13.7 Å². The van der Waals surface area contributed by atoms with Gasteiger partial charge in [0.05, 0.1) is 6.61 Å². The van der Waals surface area contributed by atoms with Gasteiger partial charge >= 0.3 is 0 Å². The zero-order valence-corrected chi connectivity index (χ0v) is 18.0. The smallest absolute Gasteiger partial charge is 0.126 e. The Morgan fingerprint density at radius 1 is 0.656 bits per heavy atom. The Hall–Kier alpha value is -3.48. The molecule has 0 amide bonds. The number of hydrogen-bond acceptors (Lipinski definition) is 1. The molecule has 1 nitrogen and oxygen atoms in total. The molecule has 0 aliphatic carbocycles. The predicted octanol–water partition coefficient (Wildman–Crippen LogP) is 6.49. The van der Waals surface area contributed by atoms with Gasteiger partial charge in [0.2, 0.25) is 0 Å². The minimum absolute atomic E-state index is 0.154. The van der Waals surface area contributed by atoms with Crippen molar-refractivity contribution in [1.82, 2.24) is 0 Å². The largest absolute Gasteiger partial charge is 0.384 e. The number of aryl methyl sites for hydroxylation is 2. The minimum Gasteiger partial charge on any atom is -0.384 e. The second kappa shape index (κ2) is 10.2. The van der Waals surface area contributed by atoms with E-state index in [9.17, 15) is 8.78 Å². The van der Waals surface area contributed by atoms with Gasteiger partial charge < -0.3 is 4.74 Å². The van der Waals surface area contributed by atoms with E-state index in [1.165, 1.54) is 12.1 Å². The van der Waals surface area contributed by atoms with E-state index in [1.807, 2.05) is 54.6 Å². The van der Waals surface area contributed by atoms with Crippen LogP contribution in [0.25, 0.3) is 10.8 Å². The van der Waals surface area contributed by atoms with Gasteiger partial charge in [-0.3, -0.25) is 0 Å². The van der Waals surface area contributed by atoms with Crippen molar-refractivity contribution in [2.75, 3.05) is 13.7 Å². The Labute approximate surface area is 187 Å². The summed E-state index contributed by atoms with van der Waals surface area (Å²) in [6.07, 6.45) is 2.14. The summed E-state index contributed by atoms with van der Waals surface area (Å²) in [4.78, 5) is 0. The molecule has 0 radical (unpaired) electrons. The first kappa shape index (κ1) is 21.7. The number of benzene rings is 4. The van der Waals surface area contributed by atoms with Gasteiger partial charge in [-0.05, 0) is 89.2 Å². The molecule has 160 valence electrons. The van der Waals surface area contributed by atoms with Crippen LogP contribution in [0.1, 0.15) is 27.8 Å². The molecule has 4 aromatic carbocycles. The van der Waals surface area contributed by atoms with E-state index < -0.39 is 0 Å². The fraction of sp³-hybridized carbons (Fsp3) is 0.172. The number of hydrogen-bond donors (Lipinski definition) is 0. The zero-order chi connectivity index (χ0) is 22.3. The highest BCUT2D eigenvalue weighted by Crippen LogP contribution is 2.18. The summed E-state index contributed by atoms with van der Waals surface area (Å²) in [6.45, 7) is 0.592. The van der Waals surface area contributed by atoms with Crippen molar-refractivity contribution in [3.63, 3.8) is 0 Å². The molecule has 0 heterocycles. The first-order valence-corrected chi connectivity index (χ1v) is 10.7. The number of halogens is 2. The van der Waals surface area contributed by atoms with Gasteiger partial charge in [0.25, 0.3) is 0 Å². The molecule has 0 unspecified atom stereocenters. The lowest BCUT2D eigenvalue weighted by Gasteiger charge is -2.07. The Bertz CT molecular complexity index is 1280. The molecule has 4 aromatic rings. The molecule has 4 rings (SSSR count). The first-order chi connectivity index (χ1) is 15.6. The van der Waals surface area contributed by atoms with Crippen LogP contribution in [0.4, 0.5) is 8.78 Å². The fourth-order valence-electron chi connectivity index (χ4n) is 3.64. The molecule has 3 heteroatoms. The maximum Gasteiger partial charge on any atom is 0.126 e. The zero-order valence-electron chi connectivity index (χ0n) is 18.0. The molecule has 0 N–H and O–H groups in total. The summed E-state index contributed by atoms with van der Waals surface area (Å²) in [5.74, 6) is 5.95. The van der Waals surface area contributed by atoms with Gasteiger partial charge in [0, 0.05) is 18.2 Å². The highest BCUT2D eigenvalue weighted by molar-refractivity contribution is 5.83. The van der Waals surface area contributed by atoms with Crippen molar-refractivity contribution in [3.05, 3.63) is 118 Å². The summed E-state index contributed by atoms with van der Waals surface area (Å²) >= 11 is 0. The maximum absolute atomic E-state index is 14.3. The van der Waals surface area contributed by atoms with Crippen molar-refractivity contribution in [3.8, 4) is 11.8 Å². The lowest BCUT2D eigenvalue weighted by atomic mass is 10.0. The molecule has 0 bridgehead atoms. The summed E-state index contributed by atoms with van der Waals surface area (Å²) < 4.78 is 32.7. The van der Waals surface area contributed by atoms with Gasteiger partial charge in [-0.15, -0.1) is 0 Å². The van der Waals surface area contributed by atoms with Crippen LogP contribution in [0, 0.1) is 23.5 Å². The van der Waals surface area contributed by atoms with E-state index >= 15 is 0 Å². The highest BCUT2D eigenvalue weighted by Gasteiger charge is 2.05. The lowest BCUT2D eigenvalue weighted by Crippen LogP contribution is -1.99. The van der Waals surface area contributed by atoms with E-state index in [1.54, 1.807) is 19.2 Å². The van der Waals surface area contributed by atoms with Crippen LogP contribution >= 0.6 is 0 Å². The molecule has 0 aromatic heterocycles. The molecule has 0 fully saturated rings. The average Bonchev–Trinajstić information content (AvgIpc) is 2.81. The minimum atomic E-state index is -0.238. The van der Waals surface area contributed by atoms with Crippen LogP contribution in [0.5, 0.6) is 0 Å². The quantitative estimate of drug-likeness (QED) is 0.320. The fourth-order valence-corrected chi connectivity index (χ4v) is 3.64. The lowest BCUT2D eigenvalue weighted by molar-refractivity contribution is 0.202. The van der Waals surface area contributed by atoms with E-state index in [2.05, 4.69) is 11.8 Å².